The fourth-order valence-corrected chi connectivity index (χ4v) is 0.616. The van der Waals surface area contributed by atoms with Crippen molar-refractivity contribution in [2.75, 3.05) is 0 Å². The highest BCUT2D eigenvalue weighted by molar-refractivity contribution is 5.11. The molecule has 0 radical (unpaired) electrons. The van der Waals surface area contributed by atoms with Crippen LogP contribution < -0.4 is 0 Å². The lowest BCUT2D eigenvalue weighted by atomic mass is 10.7. The van der Waals surface area contributed by atoms with Crippen LogP contribution in [0.25, 0.3) is 0 Å². The van der Waals surface area contributed by atoms with Gasteiger partial charge in [0.2, 0.25) is 6.33 Å². The lowest BCUT2D eigenvalue weighted by Gasteiger charge is -1.87. The van der Waals surface area contributed by atoms with Gasteiger partial charge in [-0.25, -0.2) is 0 Å². The topological polar surface area (TPSA) is 61.0 Å². The summed E-state index contributed by atoms with van der Waals surface area (Å²) in [4.78, 5) is 13.1. The molecular weight excluding hydrogens is 158 g/mol. The molecule has 1 aromatic heterocycles. The lowest BCUT2D eigenvalue weighted by molar-refractivity contribution is -0.389. The van der Waals surface area contributed by atoms with Gasteiger partial charge in [0.15, 0.2) is 0 Å². The molecule has 0 saturated carbocycles. The molecule has 1 aromatic rings. The van der Waals surface area contributed by atoms with Gasteiger partial charge in [-0.05, 0) is 16.8 Å². The fraction of sp³-hybridized carbons (Fsp3) is 0.571. The van der Waals surface area contributed by atoms with Gasteiger partial charge >= 0.3 is 5.82 Å². The Balaban J connectivity index is 0.000000561. The maximum Gasteiger partial charge on any atom is 0.381 e. The van der Waals surface area contributed by atoms with Crippen LogP contribution in [0, 0.1) is 10.1 Å². The molecule has 12 heavy (non-hydrogen) atoms. The highest BCUT2D eigenvalue weighted by Crippen LogP contribution is 2.04. The number of rotatable bonds is 2. The largest absolute Gasteiger partial charge is 0.381 e. The van der Waals surface area contributed by atoms with E-state index in [0.717, 1.165) is 0 Å². The molecule has 5 heteroatoms. The third kappa shape index (κ3) is 2.69. The van der Waals surface area contributed by atoms with Crippen molar-refractivity contribution in [1.82, 2.24) is 9.55 Å². The number of hydrogen-bond acceptors (Lipinski definition) is 3. The molecule has 0 aromatic carbocycles. The summed E-state index contributed by atoms with van der Waals surface area (Å²) in [5.41, 5.74) is 0. The van der Waals surface area contributed by atoms with Crippen molar-refractivity contribution < 1.29 is 4.92 Å². The first-order valence-corrected chi connectivity index (χ1v) is 3.90. The molecule has 1 heterocycles. The van der Waals surface area contributed by atoms with Gasteiger partial charge in [-0.3, -0.25) is 0 Å². The maximum atomic E-state index is 10.1. The standard InChI is InChI=1S/C5H7N3O2.C2H6/c1-2-7-3-5(6-4-7)8(9)10;1-2/h3-4H,2H2,1H3;1-2H3. The predicted octanol–water partition coefficient (Wildman–Crippen LogP) is 1.84. The molecule has 1 rings (SSSR count). The first-order chi connectivity index (χ1) is 5.74. The molecule has 0 aliphatic carbocycles. The zero-order chi connectivity index (χ0) is 9.56. The summed E-state index contributed by atoms with van der Waals surface area (Å²) >= 11 is 0. The molecule has 0 fully saturated rings. The van der Waals surface area contributed by atoms with Crippen molar-refractivity contribution >= 4 is 5.82 Å². The summed E-state index contributed by atoms with van der Waals surface area (Å²) in [6.45, 7) is 6.60. The van der Waals surface area contributed by atoms with Crippen LogP contribution in [0.15, 0.2) is 12.5 Å². The van der Waals surface area contributed by atoms with Gasteiger partial charge in [-0.2, -0.15) is 0 Å². The smallest absolute Gasteiger partial charge is 0.358 e. The summed E-state index contributed by atoms with van der Waals surface area (Å²) in [7, 11) is 0. The van der Waals surface area contributed by atoms with Gasteiger partial charge in [0.1, 0.15) is 6.20 Å². The van der Waals surface area contributed by atoms with Crippen molar-refractivity contribution in [3.8, 4) is 0 Å². The van der Waals surface area contributed by atoms with Crippen LogP contribution in [0.4, 0.5) is 5.82 Å². The minimum atomic E-state index is -0.508. The number of imidazole rings is 1. The Labute approximate surface area is 71.2 Å². The van der Waals surface area contributed by atoms with Gasteiger partial charge in [0.25, 0.3) is 0 Å². The van der Waals surface area contributed by atoms with Gasteiger partial charge in [-0.1, -0.05) is 13.8 Å². The van der Waals surface area contributed by atoms with E-state index in [1.165, 1.54) is 12.5 Å². The second kappa shape index (κ2) is 5.29. The van der Waals surface area contributed by atoms with Crippen LogP contribution in [0.1, 0.15) is 20.8 Å². The molecule has 0 unspecified atom stereocenters. The van der Waals surface area contributed by atoms with Crippen molar-refractivity contribution in [2.24, 2.45) is 0 Å². The minimum Gasteiger partial charge on any atom is -0.358 e. The minimum absolute atomic E-state index is 0.0955. The second-order valence-corrected chi connectivity index (χ2v) is 1.82. The Morgan fingerprint density at radius 2 is 2.25 bits per heavy atom. The van der Waals surface area contributed by atoms with Crippen LogP contribution in [0.2, 0.25) is 0 Å². The normalized spacial score (nSPS) is 8.58. The van der Waals surface area contributed by atoms with E-state index in [1.807, 2.05) is 20.8 Å². The van der Waals surface area contributed by atoms with Gasteiger partial charge in [0, 0.05) is 6.54 Å². The summed E-state index contributed by atoms with van der Waals surface area (Å²) in [6.07, 6.45) is 2.85. The number of aryl methyl sites for hydroxylation is 1. The van der Waals surface area contributed by atoms with Crippen LogP contribution in [0.5, 0.6) is 0 Å². The number of hydrogen-bond donors (Lipinski definition) is 0. The molecule has 0 bridgehead atoms. The first kappa shape index (κ1) is 10.6. The molecule has 0 N–H and O–H groups in total. The van der Waals surface area contributed by atoms with E-state index >= 15 is 0 Å². The fourth-order valence-electron chi connectivity index (χ4n) is 0.616. The molecule has 0 saturated heterocycles. The Bertz CT molecular complexity index is 245. The van der Waals surface area contributed by atoms with E-state index in [4.69, 9.17) is 0 Å². The van der Waals surface area contributed by atoms with E-state index in [1.54, 1.807) is 4.57 Å². The molecule has 5 nitrogen and oxygen atoms in total. The summed E-state index contributed by atoms with van der Waals surface area (Å²) in [5.74, 6) is -0.0955. The Morgan fingerprint density at radius 3 is 2.50 bits per heavy atom. The van der Waals surface area contributed by atoms with E-state index in [9.17, 15) is 10.1 Å². The molecule has 68 valence electrons. The molecule has 0 aliphatic heterocycles. The van der Waals surface area contributed by atoms with Crippen molar-refractivity contribution in [3.05, 3.63) is 22.6 Å². The molecule has 0 aliphatic rings. The Morgan fingerprint density at radius 1 is 1.67 bits per heavy atom. The van der Waals surface area contributed by atoms with E-state index in [2.05, 4.69) is 4.98 Å². The molecule has 0 amide bonds. The lowest BCUT2D eigenvalue weighted by Crippen LogP contribution is -1.88. The van der Waals surface area contributed by atoms with Crippen LogP contribution in [0.3, 0.4) is 0 Å². The monoisotopic (exact) mass is 171 g/mol. The summed E-state index contributed by atoms with van der Waals surface area (Å²) < 4.78 is 1.65. The van der Waals surface area contributed by atoms with Gasteiger partial charge in [0.05, 0.1) is 0 Å². The zero-order valence-corrected chi connectivity index (χ0v) is 7.52. The maximum absolute atomic E-state index is 10.1. The van der Waals surface area contributed by atoms with Crippen molar-refractivity contribution in [1.29, 1.82) is 0 Å². The van der Waals surface area contributed by atoms with Gasteiger partial charge < -0.3 is 14.7 Å². The van der Waals surface area contributed by atoms with Crippen LogP contribution >= 0.6 is 0 Å². The highest BCUT2D eigenvalue weighted by Gasteiger charge is 2.07. The van der Waals surface area contributed by atoms with Crippen LogP contribution in [-0.2, 0) is 6.54 Å². The van der Waals surface area contributed by atoms with E-state index in [0.29, 0.717) is 6.54 Å². The zero-order valence-electron chi connectivity index (χ0n) is 7.52. The number of nitrogens with zero attached hydrogens (tertiary/aromatic N) is 3. The SMILES string of the molecule is CC.CCn1cnc([N+](=O)[O-])c1. The highest BCUT2D eigenvalue weighted by atomic mass is 16.6. The summed E-state index contributed by atoms with van der Waals surface area (Å²) in [6, 6.07) is 0. The molecule has 0 atom stereocenters. The van der Waals surface area contributed by atoms with Gasteiger partial charge in [-0.15, -0.1) is 0 Å². The van der Waals surface area contributed by atoms with E-state index < -0.39 is 4.92 Å². The third-order valence-corrected chi connectivity index (χ3v) is 1.17. The molecule has 0 spiro atoms. The van der Waals surface area contributed by atoms with Crippen molar-refractivity contribution in [2.45, 2.75) is 27.3 Å². The van der Waals surface area contributed by atoms with Crippen LogP contribution in [-0.4, -0.2) is 14.5 Å². The number of aromatic nitrogens is 2. The third-order valence-electron chi connectivity index (χ3n) is 1.17. The Kier molecular flexibility index (Phi) is 4.67. The second-order valence-electron chi connectivity index (χ2n) is 1.82. The number of nitro groups is 1. The first-order valence-electron chi connectivity index (χ1n) is 3.90. The predicted molar refractivity (Wildman–Crippen MR) is 45.9 cm³/mol. The quantitative estimate of drug-likeness (QED) is 0.503. The average molecular weight is 171 g/mol. The molecular formula is C7H13N3O2. The Hall–Kier alpha value is -1.39. The van der Waals surface area contributed by atoms with E-state index in [-0.39, 0.29) is 5.82 Å². The average Bonchev–Trinajstić information content (AvgIpc) is 2.55. The summed E-state index contributed by atoms with van der Waals surface area (Å²) in [5, 5.41) is 10.1. The van der Waals surface area contributed by atoms with Crippen molar-refractivity contribution in [3.63, 3.8) is 0 Å².